The van der Waals surface area contributed by atoms with Crippen molar-refractivity contribution in [3.05, 3.63) is 83.3 Å². The number of hydrogen-bond acceptors (Lipinski definition) is 4. The number of fused-ring (bicyclic) bond motifs is 1. The molecule has 35 heavy (non-hydrogen) atoms. The Morgan fingerprint density at radius 3 is 2.31 bits per heavy atom. The number of carbonyl (C=O) groups excluding carboxylic acids is 3. The third-order valence-electron chi connectivity index (χ3n) is 5.61. The molecule has 1 aliphatic heterocycles. The number of benzene rings is 3. The van der Waals surface area contributed by atoms with Gasteiger partial charge in [-0.3, -0.25) is 14.5 Å². The lowest BCUT2D eigenvalue weighted by Gasteiger charge is -2.26. The molecule has 1 N–H and O–H groups in total. The second kappa shape index (κ2) is 10.7. The second-order valence-electron chi connectivity index (χ2n) is 8.59. The molecule has 4 rings (SSSR count). The first-order chi connectivity index (χ1) is 16.8. The van der Waals surface area contributed by atoms with Gasteiger partial charge in [0.1, 0.15) is 5.75 Å². The number of nitrogens with zero attached hydrogens (tertiary/aromatic N) is 2. The Balaban J connectivity index is 1.73. The molecule has 0 fully saturated rings. The third kappa shape index (κ3) is 5.54. The van der Waals surface area contributed by atoms with Crippen LogP contribution in [-0.2, 0) is 9.59 Å². The van der Waals surface area contributed by atoms with E-state index in [0.29, 0.717) is 29.5 Å². The van der Waals surface area contributed by atoms with Gasteiger partial charge in [-0.15, -0.1) is 0 Å². The number of ether oxygens (including phenoxy) is 1. The first-order valence-electron chi connectivity index (χ1n) is 11.4. The predicted molar refractivity (Wildman–Crippen MR) is 139 cm³/mol. The fourth-order valence-electron chi connectivity index (χ4n) is 3.88. The van der Waals surface area contributed by atoms with Crippen LogP contribution in [0.1, 0.15) is 20.3 Å². The summed E-state index contributed by atoms with van der Waals surface area (Å²) in [4.78, 5) is 43.5. The van der Waals surface area contributed by atoms with Gasteiger partial charge >= 0.3 is 6.09 Å². The smallest absolute Gasteiger partial charge is 0.410 e. The number of para-hydroxylation sites is 3. The van der Waals surface area contributed by atoms with Crippen molar-refractivity contribution in [1.29, 1.82) is 0 Å². The monoisotopic (exact) mass is 535 g/mol. The zero-order chi connectivity index (χ0) is 24.9. The highest BCUT2D eigenvalue weighted by molar-refractivity contribution is 9.10. The van der Waals surface area contributed by atoms with Gasteiger partial charge in [0.2, 0.25) is 0 Å². The molecule has 0 aliphatic carbocycles. The summed E-state index contributed by atoms with van der Waals surface area (Å²) in [7, 11) is 0. The highest BCUT2D eigenvalue weighted by atomic mass is 79.9. The number of amides is 3. The van der Waals surface area contributed by atoms with Crippen molar-refractivity contribution in [2.45, 2.75) is 26.3 Å². The molecule has 0 aromatic heterocycles. The van der Waals surface area contributed by atoms with E-state index >= 15 is 0 Å². The van der Waals surface area contributed by atoms with Crippen LogP contribution in [0.4, 0.5) is 21.9 Å². The van der Waals surface area contributed by atoms with Gasteiger partial charge in [-0.2, -0.15) is 0 Å². The van der Waals surface area contributed by atoms with Crippen molar-refractivity contribution in [3.63, 3.8) is 0 Å². The van der Waals surface area contributed by atoms with E-state index in [-0.39, 0.29) is 5.75 Å². The van der Waals surface area contributed by atoms with E-state index in [1.807, 2.05) is 36.4 Å². The summed E-state index contributed by atoms with van der Waals surface area (Å²) in [6.07, 6.45) is -0.160. The first kappa shape index (κ1) is 24.5. The molecular formula is C27H26BrN3O4. The third-order valence-corrected chi connectivity index (χ3v) is 6.10. The normalized spacial score (nSPS) is 15.6. The Bertz CT molecular complexity index is 1230. The van der Waals surface area contributed by atoms with Crippen LogP contribution in [-0.4, -0.2) is 30.5 Å². The number of carbonyl (C=O) groups is 3. The lowest BCUT2D eigenvalue weighted by atomic mass is 10.1. The van der Waals surface area contributed by atoms with Gasteiger partial charge in [-0.1, -0.05) is 66.2 Å². The summed E-state index contributed by atoms with van der Waals surface area (Å²) in [6, 6.07) is 21.6. The van der Waals surface area contributed by atoms with E-state index in [2.05, 4.69) is 35.1 Å². The van der Waals surface area contributed by atoms with Crippen LogP contribution in [0.3, 0.4) is 0 Å². The second-order valence-corrected chi connectivity index (χ2v) is 9.51. The van der Waals surface area contributed by atoms with Crippen molar-refractivity contribution in [3.8, 4) is 5.75 Å². The van der Waals surface area contributed by atoms with Gasteiger partial charge in [-0.05, 0) is 54.8 Å². The maximum absolute atomic E-state index is 13.8. The van der Waals surface area contributed by atoms with Gasteiger partial charge in [0, 0.05) is 16.7 Å². The molecule has 3 aromatic carbocycles. The van der Waals surface area contributed by atoms with Crippen LogP contribution >= 0.6 is 15.9 Å². The summed E-state index contributed by atoms with van der Waals surface area (Å²) < 4.78 is 6.10. The maximum Gasteiger partial charge on any atom is 0.413 e. The minimum atomic E-state index is -1.46. The van der Waals surface area contributed by atoms with Crippen molar-refractivity contribution >= 4 is 50.9 Å². The number of nitrogens with one attached hydrogen (secondary N) is 1. The number of hydrogen-bond donors (Lipinski definition) is 1. The van der Waals surface area contributed by atoms with Crippen molar-refractivity contribution < 1.29 is 19.1 Å². The standard InChI is InChI=1S/C27H26BrN3O4/c1-18(2)15-16-30-22-13-6-7-14-23(22)31(20-10-4-3-5-11-20)26(33)24(25(30)32)29-27(34)35-21-12-8-9-19(28)17-21/h3-14,17-18,24H,15-16H2,1-2H3,(H,29,34). The fraction of sp³-hybridized carbons (Fsp3) is 0.222. The van der Waals surface area contributed by atoms with Crippen LogP contribution in [0.25, 0.3) is 0 Å². The minimum absolute atomic E-state index is 0.283. The molecule has 0 spiro atoms. The van der Waals surface area contributed by atoms with Crippen LogP contribution in [0.5, 0.6) is 5.75 Å². The van der Waals surface area contributed by atoms with Crippen molar-refractivity contribution in [1.82, 2.24) is 5.32 Å². The molecule has 1 atom stereocenters. The van der Waals surface area contributed by atoms with E-state index in [9.17, 15) is 14.4 Å². The van der Waals surface area contributed by atoms with E-state index in [0.717, 1.165) is 10.9 Å². The van der Waals surface area contributed by atoms with Crippen molar-refractivity contribution in [2.75, 3.05) is 16.3 Å². The lowest BCUT2D eigenvalue weighted by Crippen LogP contribution is -2.55. The molecule has 0 bridgehead atoms. The van der Waals surface area contributed by atoms with Gasteiger partial charge in [-0.25, -0.2) is 4.79 Å². The molecule has 1 unspecified atom stereocenters. The Morgan fingerprint density at radius 1 is 0.943 bits per heavy atom. The Labute approximate surface area is 212 Å². The quantitative estimate of drug-likeness (QED) is 0.413. The van der Waals surface area contributed by atoms with E-state index in [1.165, 1.54) is 4.90 Å². The molecule has 0 saturated heterocycles. The zero-order valence-electron chi connectivity index (χ0n) is 19.5. The van der Waals surface area contributed by atoms with Crippen LogP contribution in [0.15, 0.2) is 83.3 Å². The van der Waals surface area contributed by atoms with E-state index in [1.54, 1.807) is 47.4 Å². The molecule has 1 heterocycles. The summed E-state index contributed by atoms with van der Waals surface area (Å²) in [6.45, 7) is 4.55. The summed E-state index contributed by atoms with van der Waals surface area (Å²) in [5.74, 6) is -0.447. The zero-order valence-corrected chi connectivity index (χ0v) is 21.1. The average Bonchev–Trinajstić information content (AvgIpc) is 2.91. The van der Waals surface area contributed by atoms with Gasteiger partial charge in [0.25, 0.3) is 11.8 Å². The van der Waals surface area contributed by atoms with Crippen LogP contribution < -0.4 is 19.9 Å². The lowest BCUT2D eigenvalue weighted by molar-refractivity contribution is -0.128. The number of rotatable bonds is 6. The van der Waals surface area contributed by atoms with Gasteiger partial charge < -0.3 is 15.0 Å². The summed E-state index contributed by atoms with van der Waals surface area (Å²) in [5, 5.41) is 2.52. The molecule has 3 aromatic rings. The number of anilines is 3. The Hall–Kier alpha value is -3.65. The average molecular weight is 536 g/mol. The minimum Gasteiger partial charge on any atom is -0.410 e. The molecule has 8 heteroatoms. The largest absolute Gasteiger partial charge is 0.413 e. The van der Waals surface area contributed by atoms with Gasteiger partial charge in [0.05, 0.1) is 11.4 Å². The molecule has 0 saturated carbocycles. The topological polar surface area (TPSA) is 79.0 Å². The SMILES string of the molecule is CC(C)CCN1C(=O)C(NC(=O)Oc2cccc(Br)c2)C(=O)N(c2ccccc2)c2ccccc21. The Morgan fingerprint density at radius 2 is 1.63 bits per heavy atom. The molecule has 180 valence electrons. The van der Waals surface area contributed by atoms with E-state index < -0.39 is 23.9 Å². The summed E-state index contributed by atoms with van der Waals surface area (Å²) >= 11 is 3.33. The first-order valence-corrected chi connectivity index (χ1v) is 12.2. The fourth-order valence-corrected chi connectivity index (χ4v) is 4.26. The number of halogens is 1. The predicted octanol–water partition coefficient (Wildman–Crippen LogP) is 5.66. The Kier molecular flexibility index (Phi) is 7.51. The van der Waals surface area contributed by atoms with Crippen LogP contribution in [0.2, 0.25) is 0 Å². The molecule has 3 amide bonds. The molecule has 1 aliphatic rings. The highest BCUT2D eigenvalue weighted by Crippen LogP contribution is 2.38. The van der Waals surface area contributed by atoms with E-state index in [4.69, 9.17) is 4.74 Å². The molecule has 0 radical (unpaired) electrons. The van der Waals surface area contributed by atoms with Crippen molar-refractivity contribution in [2.24, 2.45) is 5.92 Å². The highest BCUT2D eigenvalue weighted by Gasteiger charge is 2.42. The summed E-state index contributed by atoms with van der Waals surface area (Å²) in [5.41, 5.74) is 1.78. The molecule has 7 nitrogen and oxygen atoms in total. The van der Waals surface area contributed by atoms with Gasteiger partial charge in [0.15, 0.2) is 6.04 Å². The van der Waals surface area contributed by atoms with Crippen LogP contribution in [0, 0.1) is 5.92 Å². The maximum atomic E-state index is 13.8. The molecular weight excluding hydrogens is 510 g/mol.